The fourth-order valence-electron chi connectivity index (χ4n) is 2.45. The van der Waals surface area contributed by atoms with Crippen LogP contribution >= 0.6 is 0 Å². The Kier molecular flexibility index (Phi) is 4.36. The average Bonchev–Trinajstić information content (AvgIpc) is 3.03. The normalized spacial score (nSPS) is 11.5. The van der Waals surface area contributed by atoms with E-state index in [2.05, 4.69) is 10.1 Å². The van der Waals surface area contributed by atoms with E-state index in [-0.39, 0.29) is 0 Å². The van der Waals surface area contributed by atoms with Crippen LogP contribution in [0.2, 0.25) is 0 Å². The summed E-state index contributed by atoms with van der Waals surface area (Å²) in [6.45, 7) is 4.18. The Labute approximate surface area is 141 Å². The van der Waals surface area contributed by atoms with E-state index >= 15 is 0 Å². The molecule has 3 rings (SSSR count). The van der Waals surface area contributed by atoms with Gasteiger partial charge >= 0.3 is 0 Å². The highest BCUT2D eigenvalue weighted by atomic mass is 16.5. The third kappa shape index (κ3) is 3.63. The predicted molar refractivity (Wildman–Crippen MR) is 92.8 cm³/mol. The quantitative estimate of drug-likeness (QED) is 0.783. The number of pyridine rings is 1. The Morgan fingerprint density at radius 1 is 1.08 bits per heavy atom. The summed E-state index contributed by atoms with van der Waals surface area (Å²) in [5.41, 5.74) is 2.93. The number of hydrogen-bond acceptors (Lipinski definition) is 4. The molecule has 5 heteroatoms. The van der Waals surface area contributed by atoms with Crippen molar-refractivity contribution in [2.24, 2.45) is 0 Å². The molecule has 2 heterocycles. The highest BCUT2D eigenvalue weighted by Gasteiger charge is 2.17. The Morgan fingerprint density at radius 2 is 1.83 bits per heavy atom. The van der Waals surface area contributed by atoms with E-state index in [1.54, 1.807) is 33.4 Å². The Morgan fingerprint density at radius 3 is 2.50 bits per heavy atom. The fraction of sp³-hybridized carbons (Fsp3) is 0.263. The third-order valence-corrected chi connectivity index (χ3v) is 3.91. The number of aromatic nitrogens is 3. The number of benzene rings is 1. The van der Waals surface area contributed by atoms with Gasteiger partial charge in [0.25, 0.3) is 0 Å². The molecule has 1 N–H and O–H groups in total. The second-order valence-corrected chi connectivity index (χ2v) is 6.30. The van der Waals surface area contributed by atoms with Crippen molar-refractivity contribution in [3.63, 3.8) is 0 Å². The number of hydrogen-bond donors (Lipinski definition) is 1. The van der Waals surface area contributed by atoms with Crippen molar-refractivity contribution < 1.29 is 9.84 Å². The summed E-state index contributed by atoms with van der Waals surface area (Å²) in [6.07, 6.45) is 7.26. The highest BCUT2D eigenvalue weighted by Crippen LogP contribution is 2.25. The number of nitrogens with zero attached hydrogens (tertiary/aromatic N) is 3. The molecular formula is C19H21N3O2. The van der Waals surface area contributed by atoms with Crippen molar-refractivity contribution in [1.82, 2.24) is 14.8 Å². The zero-order chi connectivity index (χ0) is 17.2. The van der Waals surface area contributed by atoms with Gasteiger partial charge in [0.1, 0.15) is 5.75 Å². The Balaban J connectivity index is 1.80. The molecule has 0 unspecified atom stereocenters. The zero-order valence-corrected chi connectivity index (χ0v) is 14.1. The van der Waals surface area contributed by atoms with Crippen molar-refractivity contribution in [2.75, 3.05) is 7.11 Å². The standard InChI is InChI=1S/C19H21N3O2/c1-19(2,23)17-8-15(9-20-11-17)16-10-21-22(13-16)12-14-4-6-18(24-3)7-5-14/h4-11,13,23H,12H2,1-3H3. The SMILES string of the molecule is COc1ccc(Cn2cc(-c3cncc(C(C)(C)O)c3)cn2)cc1. The van der Waals surface area contributed by atoms with Crippen molar-refractivity contribution in [1.29, 1.82) is 0 Å². The molecule has 0 spiro atoms. The summed E-state index contributed by atoms with van der Waals surface area (Å²) in [6, 6.07) is 9.88. The maximum atomic E-state index is 10.1. The number of methoxy groups -OCH3 is 1. The number of rotatable bonds is 5. The van der Waals surface area contributed by atoms with Crippen molar-refractivity contribution in [3.05, 3.63) is 66.2 Å². The molecular weight excluding hydrogens is 302 g/mol. The minimum Gasteiger partial charge on any atom is -0.497 e. The van der Waals surface area contributed by atoms with E-state index in [0.29, 0.717) is 6.54 Å². The topological polar surface area (TPSA) is 60.2 Å². The molecule has 0 fully saturated rings. The van der Waals surface area contributed by atoms with Gasteiger partial charge in [-0.2, -0.15) is 5.10 Å². The van der Waals surface area contributed by atoms with E-state index in [1.807, 2.05) is 47.4 Å². The van der Waals surface area contributed by atoms with Crippen molar-refractivity contribution in [2.45, 2.75) is 26.0 Å². The van der Waals surface area contributed by atoms with Crippen LogP contribution < -0.4 is 4.74 Å². The van der Waals surface area contributed by atoms with Gasteiger partial charge in [0.05, 0.1) is 25.5 Å². The van der Waals surface area contributed by atoms with Crippen molar-refractivity contribution in [3.8, 4) is 16.9 Å². The molecule has 24 heavy (non-hydrogen) atoms. The van der Waals surface area contributed by atoms with Gasteiger partial charge in [-0.25, -0.2) is 0 Å². The van der Waals surface area contributed by atoms with Crippen LogP contribution in [0.1, 0.15) is 25.0 Å². The highest BCUT2D eigenvalue weighted by molar-refractivity contribution is 5.61. The first-order valence-corrected chi connectivity index (χ1v) is 7.79. The van der Waals surface area contributed by atoms with E-state index in [1.165, 1.54) is 0 Å². The van der Waals surface area contributed by atoms with Crippen LogP contribution in [0.25, 0.3) is 11.1 Å². The van der Waals surface area contributed by atoms with Crippen LogP contribution in [0.15, 0.2) is 55.1 Å². The number of ether oxygens (including phenoxy) is 1. The molecule has 3 aromatic rings. The summed E-state index contributed by atoms with van der Waals surface area (Å²) >= 11 is 0. The van der Waals surface area contributed by atoms with E-state index < -0.39 is 5.60 Å². The molecule has 1 aromatic carbocycles. The first kappa shape index (κ1) is 16.2. The molecule has 5 nitrogen and oxygen atoms in total. The van der Waals surface area contributed by atoms with Crippen LogP contribution in [0.4, 0.5) is 0 Å². The summed E-state index contributed by atoms with van der Waals surface area (Å²) < 4.78 is 7.05. The molecule has 0 atom stereocenters. The third-order valence-electron chi connectivity index (χ3n) is 3.91. The molecule has 0 bridgehead atoms. The van der Waals surface area contributed by atoms with Gasteiger partial charge in [0.2, 0.25) is 0 Å². The molecule has 0 aliphatic rings. The van der Waals surface area contributed by atoms with E-state index in [0.717, 1.165) is 28.0 Å². The van der Waals surface area contributed by atoms with E-state index in [4.69, 9.17) is 4.74 Å². The van der Waals surface area contributed by atoms with Gasteiger partial charge in [0, 0.05) is 35.3 Å². The maximum Gasteiger partial charge on any atom is 0.118 e. The lowest BCUT2D eigenvalue weighted by Crippen LogP contribution is -2.15. The molecule has 0 saturated heterocycles. The van der Waals surface area contributed by atoms with Crippen LogP contribution in [0.5, 0.6) is 5.75 Å². The predicted octanol–water partition coefficient (Wildman–Crippen LogP) is 3.23. The molecule has 2 aromatic heterocycles. The summed E-state index contributed by atoms with van der Waals surface area (Å²) in [5.74, 6) is 0.842. The summed E-state index contributed by atoms with van der Waals surface area (Å²) in [5, 5.41) is 14.5. The fourth-order valence-corrected chi connectivity index (χ4v) is 2.45. The number of aliphatic hydroxyl groups is 1. The minimum absolute atomic E-state index is 0.683. The van der Waals surface area contributed by atoms with E-state index in [9.17, 15) is 5.11 Å². The summed E-state index contributed by atoms with van der Waals surface area (Å²) in [4.78, 5) is 4.23. The van der Waals surface area contributed by atoms with Gasteiger partial charge in [-0.05, 0) is 37.6 Å². The van der Waals surface area contributed by atoms with Gasteiger partial charge in [-0.15, -0.1) is 0 Å². The largest absolute Gasteiger partial charge is 0.497 e. The molecule has 0 radical (unpaired) electrons. The zero-order valence-electron chi connectivity index (χ0n) is 14.1. The average molecular weight is 323 g/mol. The Bertz CT molecular complexity index is 817. The minimum atomic E-state index is -0.915. The van der Waals surface area contributed by atoms with Gasteiger partial charge in [-0.3, -0.25) is 9.67 Å². The van der Waals surface area contributed by atoms with Gasteiger partial charge in [0.15, 0.2) is 0 Å². The smallest absolute Gasteiger partial charge is 0.118 e. The molecule has 0 aliphatic heterocycles. The molecule has 0 aliphatic carbocycles. The van der Waals surface area contributed by atoms with Crippen LogP contribution in [-0.4, -0.2) is 27.0 Å². The summed E-state index contributed by atoms with van der Waals surface area (Å²) in [7, 11) is 1.66. The van der Waals surface area contributed by atoms with Crippen LogP contribution in [0.3, 0.4) is 0 Å². The van der Waals surface area contributed by atoms with Crippen LogP contribution in [-0.2, 0) is 12.1 Å². The van der Waals surface area contributed by atoms with Crippen molar-refractivity contribution >= 4 is 0 Å². The van der Waals surface area contributed by atoms with Gasteiger partial charge < -0.3 is 9.84 Å². The van der Waals surface area contributed by atoms with Crippen LogP contribution in [0, 0.1) is 0 Å². The molecule has 0 amide bonds. The monoisotopic (exact) mass is 323 g/mol. The van der Waals surface area contributed by atoms with Gasteiger partial charge in [-0.1, -0.05) is 12.1 Å². The first-order chi connectivity index (χ1) is 11.5. The second kappa shape index (κ2) is 6.45. The molecule has 0 saturated carbocycles. The lowest BCUT2D eigenvalue weighted by Gasteiger charge is -2.17. The Hall–Kier alpha value is -2.66. The maximum absolute atomic E-state index is 10.1. The first-order valence-electron chi connectivity index (χ1n) is 7.79. The molecule has 124 valence electrons. The second-order valence-electron chi connectivity index (χ2n) is 6.30. The lowest BCUT2D eigenvalue weighted by atomic mass is 9.98. The lowest BCUT2D eigenvalue weighted by molar-refractivity contribution is 0.0783.